The largest absolute Gasteiger partial charge is 0.338 e. The van der Waals surface area contributed by atoms with Crippen LogP contribution in [0.4, 0.5) is 5.95 Å². The lowest BCUT2D eigenvalue weighted by atomic mass is 10.1. The number of carbonyl (C=O) groups is 1. The van der Waals surface area contributed by atoms with E-state index in [1.165, 1.54) is 0 Å². The molecule has 1 aliphatic heterocycles. The standard InChI is InChI=1S/C12H18N4O/c1-3-11-8-16(5-4-15(11)2)12-13-6-10(9-17)7-14-12/h6-7,9,11H,3-5,8H2,1-2H3. The van der Waals surface area contributed by atoms with Gasteiger partial charge < -0.3 is 4.90 Å². The minimum Gasteiger partial charge on any atom is -0.338 e. The Morgan fingerprint density at radius 1 is 1.41 bits per heavy atom. The number of rotatable bonds is 3. The summed E-state index contributed by atoms with van der Waals surface area (Å²) in [6.45, 7) is 5.11. The molecule has 5 heteroatoms. The third-order valence-electron chi connectivity index (χ3n) is 3.33. The topological polar surface area (TPSA) is 49.3 Å². The van der Waals surface area contributed by atoms with Crippen LogP contribution in [0.25, 0.3) is 0 Å². The lowest BCUT2D eigenvalue weighted by molar-refractivity contribution is 0.112. The Kier molecular flexibility index (Phi) is 3.68. The van der Waals surface area contributed by atoms with E-state index in [0.717, 1.165) is 38.3 Å². The summed E-state index contributed by atoms with van der Waals surface area (Å²) in [6.07, 6.45) is 5.05. The summed E-state index contributed by atoms with van der Waals surface area (Å²) < 4.78 is 0. The van der Waals surface area contributed by atoms with Crippen LogP contribution < -0.4 is 4.90 Å². The molecule has 92 valence electrons. The summed E-state index contributed by atoms with van der Waals surface area (Å²) in [6, 6.07) is 0.554. The summed E-state index contributed by atoms with van der Waals surface area (Å²) in [5, 5.41) is 0. The maximum absolute atomic E-state index is 10.5. The van der Waals surface area contributed by atoms with E-state index in [2.05, 4.69) is 33.7 Å². The molecule has 1 aliphatic rings. The number of carbonyl (C=O) groups excluding carboxylic acids is 1. The Balaban J connectivity index is 2.08. The van der Waals surface area contributed by atoms with E-state index in [4.69, 9.17) is 0 Å². The minimum atomic E-state index is 0.523. The van der Waals surface area contributed by atoms with Crippen molar-refractivity contribution in [1.29, 1.82) is 0 Å². The summed E-state index contributed by atoms with van der Waals surface area (Å²) in [5.74, 6) is 0.724. The molecule has 0 bridgehead atoms. The summed E-state index contributed by atoms with van der Waals surface area (Å²) in [5.41, 5.74) is 0.523. The van der Waals surface area contributed by atoms with Crippen molar-refractivity contribution in [2.24, 2.45) is 0 Å². The van der Waals surface area contributed by atoms with Crippen molar-refractivity contribution < 1.29 is 4.79 Å². The average Bonchev–Trinajstić information content (AvgIpc) is 2.39. The predicted molar refractivity (Wildman–Crippen MR) is 66.3 cm³/mol. The molecule has 1 fully saturated rings. The van der Waals surface area contributed by atoms with Crippen LogP contribution >= 0.6 is 0 Å². The number of hydrogen-bond acceptors (Lipinski definition) is 5. The van der Waals surface area contributed by atoms with Gasteiger partial charge >= 0.3 is 0 Å². The molecule has 1 aromatic rings. The first-order valence-corrected chi connectivity index (χ1v) is 5.97. The van der Waals surface area contributed by atoms with Crippen molar-refractivity contribution in [3.63, 3.8) is 0 Å². The van der Waals surface area contributed by atoms with Gasteiger partial charge in [-0.25, -0.2) is 9.97 Å². The summed E-state index contributed by atoms with van der Waals surface area (Å²) in [4.78, 5) is 23.6. The molecule has 0 radical (unpaired) electrons. The minimum absolute atomic E-state index is 0.523. The van der Waals surface area contributed by atoms with Crippen LogP contribution in [-0.2, 0) is 0 Å². The van der Waals surface area contributed by atoms with E-state index in [0.29, 0.717) is 11.6 Å². The lowest BCUT2D eigenvalue weighted by Crippen LogP contribution is -2.51. The molecule has 0 saturated carbocycles. The van der Waals surface area contributed by atoms with Crippen molar-refractivity contribution in [1.82, 2.24) is 14.9 Å². The Morgan fingerprint density at radius 2 is 2.12 bits per heavy atom. The van der Waals surface area contributed by atoms with Gasteiger partial charge in [-0.05, 0) is 13.5 Å². The molecular formula is C12H18N4O. The number of likely N-dealkylation sites (N-methyl/N-ethyl adjacent to an activating group) is 1. The molecule has 1 atom stereocenters. The van der Waals surface area contributed by atoms with Gasteiger partial charge in [-0.1, -0.05) is 6.92 Å². The smallest absolute Gasteiger partial charge is 0.225 e. The molecule has 17 heavy (non-hydrogen) atoms. The quantitative estimate of drug-likeness (QED) is 0.725. The Hall–Kier alpha value is -1.49. The highest BCUT2D eigenvalue weighted by Gasteiger charge is 2.24. The normalized spacial score (nSPS) is 21.5. The van der Waals surface area contributed by atoms with Crippen molar-refractivity contribution in [3.8, 4) is 0 Å². The van der Waals surface area contributed by atoms with Gasteiger partial charge in [-0.15, -0.1) is 0 Å². The number of hydrogen-bond donors (Lipinski definition) is 0. The highest BCUT2D eigenvalue weighted by molar-refractivity contribution is 5.73. The van der Waals surface area contributed by atoms with Gasteiger partial charge in [0.2, 0.25) is 5.95 Å². The van der Waals surface area contributed by atoms with Gasteiger partial charge in [-0.3, -0.25) is 9.69 Å². The highest BCUT2D eigenvalue weighted by atomic mass is 16.1. The van der Waals surface area contributed by atoms with Crippen molar-refractivity contribution >= 4 is 12.2 Å². The second-order valence-corrected chi connectivity index (χ2v) is 4.42. The van der Waals surface area contributed by atoms with E-state index in [9.17, 15) is 4.79 Å². The lowest BCUT2D eigenvalue weighted by Gasteiger charge is -2.39. The molecule has 1 aromatic heterocycles. The fourth-order valence-electron chi connectivity index (χ4n) is 2.12. The molecule has 0 amide bonds. The second-order valence-electron chi connectivity index (χ2n) is 4.42. The average molecular weight is 234 g/mol. The monoisotopic (exact) mass is 234 g/mol. The molecule has 2 heterocycles. The van der Waals surface area contributed by atoms with Crippen LogP contribution in [0.5, 0.6) is 0 Å². The number of nitrogens with zero attached hydrogens (tertiary/aromatic N) is 4. The number of aromatic nitrogens is 2. The number of piperazine rings is 1. The highest BCUT2D eigenvalue weighted by Crippen LogP contribution is 2.15. The Morgan fingerprint density at radius 3 is 2.71 bits per heavy atom. The first-order chi connectivity index (χ1) is 8.24. The summed E-state index contributed by atoms with van der Waals surface area (Å²) >= 11 is 0. The zero-order valence-corrected chi connectivity index (χ0v) is 10.3. The molecule has 2 rings (SSSR count). The molecule has 1 unspecified atom stereocenters. The fourth-order valence-corrected chi connectivity index (χ4v) is 2.12. The zero-order valence-electron chi connectivity index (χ0n) is 10.3. The predicted octanol–water partition coefficient (Wildman–Crippen LogP) is 0.819. The van der Waals surface area contributed by atoms with Gasteiger partial charge in [0.1, 0.15) is 0 Å². The maximum atomic E-state index is 10.5. The molecule has 5 nitrogen and oxygen atoms in total. The maximum Gasteiger partial charge on any atom is 0.225 e. The van der Waals surface area contributed by atoms with Crippen molar-refractivity contribution in [3.05, 3.63) is 18.0 Å². The van der Waals surface area contributed by atoms with Gasteiger partial charge in [0.05, 0.1) is 5.56 Å². The first kappa shape index (κ1) is 12.0. The van der Waals surface area contributed by atoms with E-state index in [1.807, 2.05) is 0 Å². The van der Waals surface area contributed by atoms with E-state index >= 15 is 0 Å². The van der Waals surface area contributed by atoms with Gasteiger partial charge in [0.15, 0.2) is 6.29 Å². The molecule has 0 spiro atoms. The molecule has 1 saturated heterocycles. The van der Waals surface area contributed by atoms with Gasteiger partial charge in [0, 0.05) is 38.1 Å². The fraction of sp³-hybridized carbons (Fsp3) is 0.583. The van der Waals surface area contributed by atoms with Crippen LogP contribution in [0.15, 0.2) is 12.4 Å². The number of anilines is 1. The van der Waals surface area contributed by atoms with E-state index in [1.54, 1.807) is 12.4 Å². The van der Waals surface area contributed by atoms with E-state index in [-0.39, 0.29) is 0 Å². The van der Waals surface area contributed by atoms with Crippen molar-refractivity contribution in [2.75, 3.05) is 31.6 Å². The van der Waals surface area contributed by atoms with E-state index < -0.39 is 0 Å². The SMILES string of the molecule is CCC1CN(c2ncc(C=O)cn2)CCN1C. The second kappa shape index (κ2) is 5.23. The van der Waals surface area contributed by atoms with Gasteiger partial charge in [-0.2, -0.15) is 0 Å². The third-order valence-corrected chi connectivity index (χ3v) is 3.33. The zero-order chi connectivity index (χ0) is 12.3. The first-order valence-electron chi connectivity index (χ1n) is 5.97. The third kappa shape index (κ3) is 2.61. The molecular weight excluding hydrogens is 216 g/mol. The Labute approximate surface area is 101 Å². The Bertz CT molecular complexity index is 379. The van der Waals surface area contributed by atoms with Crippen LogP contribution in [0, 0.1) is 0 Å². The molecule has 0 N–H and O–H groups in total. The van der Waals surface area contributed by atoms with Crippen LogP contribution in [0.1, 0.15) is 23.7 Å². The van der Waals surface area contributed by atoms with Crippen LogP contribution in [-0.4, -0.2) is 53.9 Å². The van der Waals surface area contributed by atoms with Crippen molar-refractivity contribution in [2.45, 2.75) is 19.4 Å². The van der Waals surface area contributed by atoms with Crippen LogP contribution in [0.2, 0.25) is 0 Å². The molecule has 0 aromatic carbocycles. The summed E-state index contributed by atoms with van der Waals surface area (Å²) in [7, 11) is 2.15. The number of aldehydes is 1. The van der Waals surface area contributed by atoms with Gasteiger partial charge in [0.25, 0.3) is 0 Å². The van der Waals surface area contributed by atoms with Crippen LogP contribution in [0.3, 0.4) is 0 Å². The molecule has 0 aliphatic carbocycles.